The van der Waals surface area contributed by atoms with E-state index in [9.17, 15) is 0 Å². The Labute approximate surface area is 109 Å². The lowest BCUT2D eigenvalue weighted by molar-refractivity contribution is 1.26. The smallest absolute Gasteiger partial charge is 0.163 e. The zero-order valence-corrected chi connectivity index (χ0v) is 10.1. The van der Waals surface area contributed by atoms with Crippen LogP contribution in [0.4, 0.5) is 11.4 Å². The van der Waals surface area contributed by atoms with E-state index in [2.05, 4.69) is 10.3 Å². The third kappa shape index (κ3) is 2.68. The highest BCUT2D eigenvalue weighted by molar-refractivity contribution is 6.36. The van der Waals surface area contributed by atoms with E-state index in [1.54, 1.807) is 36.5 Å². The van der Waals surface area contributed by atoms with Crippen LogP contribution in [-0.4, -0.2) is 4.98 Å². The van der Waals surface area contributed by atoms with Crippen molar-refractivity contribution in [1.82, 2.24) is 4.98 Å². The lowest BCUT2D eigenvalue weighted by Gasteiger charge is -2.09. The summed E-state index contributed by atoms with van der Waals surface area (Å²) in [5, 5.41) is 13.0. The van der Waals surface area contributed by atoms with Gasteiger partial charge in [-0.15, -0.1) is 0 Å². The molecule has 0 aliphatic carbocycles. The molecule has 1 aromatic carbocycles. The molecule has 0 fully saturated rings. The van der Waals surface area contributed by atoms with E-state index < -0.39 is 0 Å². The Hall–Kier alpha value is -1.76. The van der Waals surface area contributed by atoms with E-state index in [0.717, 1.165) is 0 Å². The number of aromatic nitrogens is 1. The van der Waals surface area contributed by atoms with Gasteiger partial charge in [0.25, 0.3) is 0 Å². The van der Waals surface area contributed by atoms with Gasteiger partial charge in [-0.25, -0.2) is 4.98 Å². The van der Waals surface area contributed by atoms with Crippen LogP contribution in [0.2, 0.25) is 10.0 Å². The average Bonchev–Trinajstić information content (AvgIpc) is 2.33. The molecule has 2 rings (SSSR count). The van der Waals surface area contributed by atoms with E-state index in [1.807, 2.05) is 6.07 Å². The topological polar surface area (TPSA) is 48.7 Å². The fourth-order valence-corrected chi connectivity index (χ4v) is 1.79. The molecule has 1 heterocycles. The molecule has 17 heavy (non-hydrogen) atoms. The van der Waals surface area contributed by atoms with Gasteiger partial charge in [0.2, 0.25) is 0 Å². The number of rotatable bonds is 2. The lowest BCUT2D eigenvalue weighted by atomic mass is 10.2. The van der Waals surface area contributed by atoms with Crippen molar-refractivity contribution < 1.29 is 0 Å². The molecule has 0 aliphatic heterocycles. The van der Waals surface area contributed by atoms with Gasteiger partial charge in [-0.1, -0.05) is 23.2 Å². The predicted octanol–water partition coefficient (Wildman–Crippen LogP) is 4.00. The third-order valence-corrected chi connectivity index (χ3v) is 2.66. The Morgan fingerprint density at radius 2 is 2.00 bits per heavy atom. The first-order valence-corrected chi connectivity index (χ1v) is 5.53. The van der Waals surface area contributed by atoms with Crippen molar-refractivity contribution in [3.63, 3.8) is 0 Å². The van der Waals surface area contributed by atoms with Crippen LogP contribution >= 0.6 is 23.2 Å². The van der Waals surface area contributed by atoms with E-state index >= 15 is 0 Å². The van der Waals surface area contributed by atoms with Gasteiger partial charge in [-0.3, -0.25) is 0 Å². The summed E-state index contributed by atoms with van der Waals surface area (Å²) in [5.74, 6) is 0. The molecule has 84 valence electrons. The van der Waals surface area contributed by atoms with Gasteiger partial charge in [0.05, 0.1) is 16.4 Å². The monoisotopic (exact) mass is 263 g/mol. The first kappa shape index (κ1) is 11.7. The second-order valence-electron chi connectivity index (χ2n) is 3.26. The van der Waals surface area contributed by atoms with Crippen molar-refractivity contribution >= 4 is 34.6 Å². The molecule has 0 saturated heterocycles. The molecule has 3 nitrogen and oxygen atoms in total. The molecule has 0 radical (unpaired) electrons. The van der Waals surface area contributed by atoms with Crippen LogP contribution < -0.4 is 5.32 Å². The SMILES string of the molecule is N#Cc1ncccc1Nc1ccc(Cl)cc1Cl. The summed E-state index contributed by atoms with van der Waals surface area (Å²) in [4.78, 5) is 3.95. The van der Waals surface area contributed by atoms with Gasteiger partial charge in [0, 0.05) is 11.2 Å². The standard InChI is InChI=1S/C12H7Cl2N3/c13-8-3-4-10(9(14)6-8)17-11-2-1-5-16-12(11)7-15/h1-6,17H. The molecular formula is C12H7Cl2N3. The van der Waals surface area contributed by atoms with Crippen LogP contribution in [0, 0.1) is 11.3 Å². The number of hydrogen-bond donors (Lipinski definition) is 1. The Morgan fingerprint density at radius 3 is 2.71 bits per heavy atom. The minimum Gasteiger partial charge on any atom is -0.352 e. The van der Waals surface area contributed by atoms with Crippen molar-refractivity contribution in [3.8, 4) is 6.07 Å². The number of nitriles is 1. The molecule has 0 spiro atoms. The van der Waals surface area contributed by atoms with Crippen LogP contribution in [0.1, 0.15) is 5.69 Å². The summed E-state index contributed by atoms with van der Waals surface area (Å²) in [5.41, 5.74) is 1.61. The molecule has 2 aromatic rings. The molecule has 0 amide bonds. The predicted molar refractivity (Wildman–Crippen MR) is 68.7 cm³/mol. The number of pyridine rings is 1. The van der Waals surface area contributed by atoms with E-state index in [0.29, 0.717) is 27.1 Å². The van der Waals surface area contributed by atoms with Crippen LogP contribution in [0.3, 0.4) is 0 Å². The fourth-order valence-electron chi connectivity index (χ4n) is 1.33. The van der Waals surface area contributed by atoms with E-state index in [-0.39, 0.29) is 0 Å². The number of nitrogens with one attached hydrogen (secondary N) is 1. The molecule has 0 aliphatic rings. The van der Waals surface area contributed by atoms with Crippen molar-refractivity contribution in [1.29, 1.82) is 5.26 Å². The highest BCUT2D eigenvalue weighted by Crippen LogP contribution is 2.28. The fraction of sp³-hybridized carbons (Fsp3) is 0. The van der Waals surface area contributed by atoms with Crippen LogP contribution in [-0.2, 0) is 0 Å². The van der Waals surface area contributed by atoms with Crippen LogP contribution in [0.5, 0.6) is 0 Å². The molecule has 0 atom stereocenters. The molecule has 1 aromatic heterocycles. The summed E-state index contributed by atoms with van der Waals surface area (Å²) >= 11 is 11.8. The summed E-state index contributed by atoms with van der Waals surface area (Å²) in [6, 6.07) is 10.6. The minimum atomic E-state index is 0.318. The van der Waals surface area contributed by atoms with Crippen molar-refractivity contribution in [3.05, 3.63) is 52.3 Å². The molecule has 1 N–H and O–H groups in total. The summed E-state index contributed by atoms with van der Waals surface area (Å²) < 4.78 is 0. The summed E-state index contributed by atoms with van der Waals surface area (Å²) in [6.45, 7) is 0. The average molecular weight is 264 g/mol. The van der Waals surface area contributed by atoms with E-state index in [1.165, 1.54) is 0 Å². The van der Waals surface area contributed by atoms with Crippen molar-refractivity contribution in [2.75, 3.05) is 5.32 Å². The van der Waals surface area contributed by atoms with Gasteiger partial charge in [-0.2, -0.15) is 5.26 Å². The van der Waals surface area contributed by atoms with Crippen molar-refractivity contribution in [2.24, 2.45) is 0 Å². The number of nitrogens with zero attached hydrogens (tertiary/aromatic N) is 2. The van der Waals surface area contributed by atoms with E-state index in [4.69, 9.17) is 28.5 Å². The van der Waals surface area contributed by atoms with Gasteiger partial charge in [0.1, 0.15) is 6.07 Å². The normalized spacial score (nSPS) is 9.71. The first-order chi connectivity index (χ1) is 8.20. The minimum absolute atomic E-state index is 0.318. The second-order valence-corrected chi connectivity index (χ2v) is 4.10. The zero-order valence-electron chi connectivity index (χ0n) is 8.61. The van der Waals surface area contributed by atoms with Gasteiger partial charge < -0.3 is 5.32 Å². The molecule has 5 heteroatoms. The van der Waals surface area contributed by atoms with Gasteiger partial charge in [-0.05, 0) is 30.3 Å². The second kappa shape index (κ2) is 5.05. The Morgan fingerprint density at radius 1 is 1.18 bits per heavy atom. The number of benzene rings is 1. The Bertz CT molecular complexity index is 591. The largest absolute Gasteiger partial charge is 0.352 e. The van der Waals surface area contributed by atoms with Gasteiger partial charge in [0.15, 0.2) is 5.69 Å². The summed E-state index contributed by atoms with van der Waals surface area (Å²) in [7, 11) is 0. The van der Waals surface area contributed by atoms with Crippen LogP contribution in [0.25, 0.3) is 0 Å². The number of hydrogen-bond acceptors (Lipinski definition) is 3. The maximum absolute atomic E-state index is 8.90. The Balaban J connectivity index is 2.35. The first-order valence-electron chi connectivity index (χ1n) is 4.78. The number of halogens is 2. The lowest BCUT2D eigenvalue weighted by Crippen LogP contribution is -1.95. The summed E-state index contributed by atoms with van der Waals surface area (Å²) in [6.07, 6.45) is 1.56. The Kier molecular flexibility index (Phi) is 3.48. The van der Waals surface area contributed by atoms with Crippen LogP contribution in [0.15, 0.2) is 36.5 Å². The quantitative estimate of drug-likeness (QED) is 0.891. The zero-order chi connectivity index (χ0) is 12.3. The number of anilines is 2. The third-order valence-electron chi connectivity index (χ3n) is 2.11. The molecule has 0 unspecified atom stereocenters. The maximum Gasteiger partial charge on any atom is 0.163 e. The molecular weight excluding hydrogens is 257 g/mol. The maximum atomic E-state index is 8.90. The molecule has 0 bridgehead atoms. The van der Waals surface area contributed by atoms with Gasteiger partial charge >= 0.3 is 0 Å². The molecule has 0 saturated carbocycles. The van der Waals surface area contributed by atoms with Crippen molar-refractivity contribution in [2.45, 2.75) is 0 Å². The highest BCUT2D eigenvalue weighted by atomic mass is 35.5. The highest BCUT2D eigenvalue weighted by Gasteiger charge is 2.05.